The molecule has 0 fully saturated rings. The Bertz CT molecular complexity index is 1650. The number of hydrogen-bond donors (Lipinski definition) is 1. The minimum Gasteiger partial charge on any atom is -0.460 e. The fourth-order valence-corrected chi connectivity index (χ4v) is 3.93. The Morgan fingerprint density at radius 3 is 2.54 bits per heavy atom. The molecule has 0 radical (unpaired) electrons. The highest BCUT2D eigenvalue weighted by molar-refractivity contribution is 6.09. The van der Waals surface area contributed by atoms with E-state index in [-0.39, 0.29) is 29.0 Å². The van der Waals surface area contributed by atoms with E-state index in [4.69, 9.17) is 18.3 Å². The number of ether oxygens (including phenoxy) is 2. The van der Waals surface area contributed by atoms with Crippen molar-refractivity contribution in [3.05, 3.63) is 112 Å². The highest BCUT2D eigenvalue weighted by Gasteiger charge is 2.17. The molecule has 8 heteroatoms. The predicted molar refractivity (Wildman–Crippen MR) is 138 cm³/mol. The number of rotatable bonds is 8. The lowest BCUT2D eigenvalue weighted by Gasteiger charge is -2.09. The van der Waals surface area contributed by atoms with Crippen LogP contribution in [0.5, 0.6) is 0 Å². The van der Waals surface area contributed by atoms with E-state index < -0.39 is 17.3 Å². The van der Waals surface area contributed by atoms with Crippen LogP contribution in [0.15, 0.2) is 92.5 Å². The number of carbonyl (C=O) groups excluding carboxylic acids is 2. The maximum Gasteiger partial charge on any atom is 0.374 e. The summed E-state index contributed by atoms with van der Waals surface area (Å²) >= 11 is 0. The second kappa shape index (κ2) is 10.5. The predicted octanol–water partition coefficient (Wildman–Crippen LogP) is 5.69. The third kappa shape index (κ3) is 5.29. The van der Waals surface area contributed by atoms with Gasteiger partial charge in [-0.2, -0.15) is 0 Å². The van der Waals surface area contributed by atoms with Gasteiger partial charge in [-0.3, -0.25) is 9.59 Å². The fraction of sp³-hybridized carbons (Fsp3) is 0.138. The van der Waals surface area contributed by atoms with Crippen molar-refractivity contribution in [3.8, 4) is 0 Å². The molecule has 5 aromatic rings. The molecule has 8 nitrogen and oxygen atoms in total. The van der Waals surface area contributed by atoms with Gasteiger partial charge in [-0.1, -0.05) is 36.4 Å². The molecule has 0 aliphatic rings. The van der Waals surface area contributed by atoms with E-state index >= 15 is 0 Å². The summed E-state index contributed by atoms with van der Waals surface area (Å²) in [6, 6.07) is 22.6. The van der Waals surface area contributed by atoms with Crippen molar-refractivity contribution in [3.63, 3.8) is 0 Å². The molecule has 0 bridgehead atoms. The summed E-state index contributed by atoms with van der Waals surface area (Å²) in [7, 11) is 0. The van der Waals surface area contributed by atoms with E-state index in [2.05, 4.69) is 5.32 Å². The average molecular weight is 498 g/mol. The Kier molecular flexibility index (Phi) is 6.83. The lowest BCUT2D eigenvalue weighted by Crippen LogP contribution is -2.14. The lowest BCUT2D eigenvalue weighted by molar-refractivity contribution is 0.0490. The Hall–Kier alpha value is -4.69. The van der Waals surface area contributed by atoms with Crippen LogP contribution in [0.4, 0.5) is 5.69 Å². The Balaban J connectivity index is 1.35. The van der Waals surface area contributed by atoms with Crippen LogP contribution in [-0.4, -0.2) is 18.5 Å². The molecule has 0 unspecified atom stereocenters. The topological polar surface area (TPSA) is 108 Å². The van der Waals surface area contributed by atoms with Gasteiger partial charge >= 0.3 is 5.97 Å². The molecule has 3 aromatic carbocycles. The highest BCUT2D eigenvalue weighted by atomic mass is 16.5. The number of carbonyl (C=O) groups is 2. The standard InChI is InChI=1S/C29H23NO7/c1-2-35-29(33)26-15-24(31)22-9-6-10-23(27(22)37-26)30-28(32)19-11-12-25-20(13-19)14-21(36-25)17-34-16-18-7-4-3-5-8-18/h3-15H,2,16-17H2,1H3,(H,30,32). The van der Waals surface area contributed by atoms with Gasteiger partial charge in [-0.25, -0.2) is 4.79 Å². The summed E-state index contributed by atoms with van der Waals surface area (Å²) in [4.78, 5) is 37.7. The molecule has 2 heterocycles. The molecule has 1 N–H and O–H groups in total. The van der Waals surface area contributed by atoms with Crippen molar-refractivity contribution in [2.45, 2.75) is 20.1 Å². The first kappa shape index (κ1) is 24.0. The van der Waals surface area contributed by atoms with Gasteiger partial charge < -0.3 is 23.6 Å². The van der Waals surface area contributed by atoms with E-state index in [0.717, 1.165) is 17.0 Å². The quantitative estimate of drug-likeness (QED) is 0.275. The van der Waals surface area contributed by atoms with E-state index in [1.165, 1.54) is 0 Å². The molecule has 5 rings (SSSR count). The first-order chi connectivity index (χ1) is 18.0. The Morgan fingerprint density at radius 1 is 0.892 bits per heavy atom. The molecule has 0 atom stereocenters. The fourth-order valence-electron chi connectivity index (χ4n) is 3.93. The monoisotopic (exact) mass is 497 g/mol. The zero-order chi connectivity index (χ0) is 25.8. The third-order valence-electron chi connectivity index (χ3n) is 5.66. The Labute approximate surface area is 211 Å². The third-order valence-corrected chi connectivity index (χ3v) is 5.66. The average Bonchev–Trinajstić information content (AvgIpc) is 3.32. The van der Waals surface area contributed by atoms with Crippen LogP contribution in [-0.2, 0) is 22.7 Å². The first-order valence-electron chi connectivity index (χ1n) is 11.7. The number of nitrogens with one attached hydrogen (secondary N) is 1. The van der Waals surface area contributed by atoms with Crippen LogP contribution in [0.1, 0.15) is 39.2 Å². The van der Waals surface area contributed by atoms with Gasteiger partial charge in [0.15, 0.2) is 11.0 Å². The van der Waals surface area contributed by atoms with Gasteiger partial charge in [0, 0.05) is 17.0 Å². The van der Waals surface area contributed by atoms with Crippen LogP contribution in [0.2, 0.25) is 0 Å². The number of anilines is 1. The van der Waals surface area contributed by atoms with Gasteiger partial charge in [-0.15, -0.1) is 0 Å². The molecule has 0 saturated carbocycles. The minimum absolute atomic E-state index is 0.0913. The second-order valence-electron chi connectivity index (χ2n) is 8.28. The summed E-state index contributed by atoms with van der Waals surface area (Å²) in [5.41, 5.74) is 2.01. The summed E-state index contributed by atoms with van der Waals surface area (Å²) in [5.74, 6) is -0.757. The maximum atomic E-state index is 13.1. The molecule has 0 aliphatic carbocycles. The van der Waals surface area contributed by atoms with Crippen molar-refractivity contribution < 1.29 is 27.9 Å². The molecule has 0 aliphatic heterocycles. The van der Waals surface area contributed by atoms with Crippen molar-refractivity contribution in [2.75, 3.05) is 11.9 Å². The number of esters is 1. The van der Waals surface area contributed by atoms with Crippen LogP contribution in [0, 0.1) is 0 Å². The van der Waals surface area contributed by atoms with Crippen LogP contribution in [0.3, 0.4) is 0 Å². The van der Waals surface area contributed by atoms with Crippen LogP contribution < -0.4 is 10.7 Å². The Morgan fingerprint density at radius 2 is 1.73 bits per heavy atom. The summed E-state index contributed by atoms with van der Waals surface area (Å²) < 4.78 is 22.2. The smallest absolute Gasteiger partial charge is 0.374 e. The van der Waals surface area contributed by atoms with Crippen LogP contribution in [0.25, 0.3) is 21.9 Å². The van der Waals surface area contributed by atoms with Crippen molar-refractivity contribution >= 4 is 39.5 Å². The van der Waals surface area contributed by atoms with E-state index in [1.54, 1.807) is 43.3 Å². The van der Waals surface area contributed by atoms with Crippen molar-refractivity contribution in [2.24, 2.45) is 0 Å². The summed E-state index contributed by atoms with van der Waals surface area (Å²) in [6.07, 6.45) is 0. The zero-order valence-electron chi connectivity index (χ0n) is 20.0. The molecule has 37 heavy (non-hydrogen) atoms. The van der Waals surface area contributed by atoms with E-state index in [1.807, 2.05) is 36.4 Å². The summed E-state index contributed by atoms with van der Waals surface area (Å²) in [5, 5.41) is 3.75. The van der Waals surface area contributed by atoms with E-state index in [9.17, 15) is 14.4 Å². The lowest BCUT2D eigenvalue weighted by atomic mass is 10.1. The van der Waals surface area contributed by atoms with Crippen molar-refractivity contribution in [1.82, 2.24) is 0 Å². The largest absolute Gasteiger partial charge is 0.460 e. The number of fused-ring (bicyclic) bond motifs is 2. The number of hydrogen-bond acceptors (Lipinski definition) is 7. The second-order valence-corrected chi connectivity index (χ2v) is 8.28. The molecule has 2 aromatic heterocycles. The summed E-state index contributed by atoms with van der Waals surface area (Å²) in [6.45, 7) is 2.55. The zero-order valence-corrected chi connectivity index (χ0v) is 20.0. The van der Waals surface area contributed by atoms with Gasteiger partial charge in [0.1, 0.15) is 18.0 Å². The molecular formula is C29H23NO7. The highest BCUT2D eigenvalue weighted by Crippen LogP contribution is 2.25. The molecule has 186 valence electrons. The number of para-hydroxylation sites is 1. The van der Waals surface area contributed by atoms with Gasteiger partial charge in [0.05, 0.1) is 24.3 Å². The maximum absolute atomic E-state index is 13.1. The first-order valence-corrected chi connectivity index (χ1v) is 11.7. The van der Waals surface area contributed by atoms with Crippen LogP contribution >= 0.6 is 0 Å². The van der Waals surface area contributed by atoms with E-state index in [0.29, 0.717) is 30.1 Å². The molecular weight excluding hydrogens is 474 g/mol. The molecule has 0 spiro atoms. The number of benzene rings is 3. The van der Waals surface area contributed by atoms with Gasteiger partial charge in [0.25, 0.3) is 5.91 Å². The normalized spacial score (nSPS) is 11.1. The SMILES string of the molecule is CCOC(=O)c1cc(=O)c2cccc(NC(=O)c3ccc4oc(COCc5ccccc5)cc4c3)c2o1. The van der Waals surface area contributed by atoms with Gasteiger partial charge in [-0.05, 0) is 48.9 Å². The number of furan rings is 1. The minimum atomic E-state index is -0.753. The molecule has 1 amide bonds. The van der Waals surface area contributed by atoms with Gasteiger partial charge in [0.2, 0.25) is 5.76 Å². The molecule has 0 saturated heterocycles. The number of amides is 1. The van der Waals surface area contributed by atoms with Crippen molar-refractivity contribution in [1.29, 1.82) is 0 Å².